The van der Waals surface area contributed by atoms with Gasteiger partial charge in [0.15, 0.2) is 0 Å². The molecule has 1 aromatic carbocycles. The SMILES string of the molecule is CCCN1CCC(C#N)(NC(=O)C(C)Nc2nc(=O)oc3ccccc23)CC1. The maximum atomic E-state index is 12.7. The Bertz CT molecular complexity index is 941. The number of hydrogen-bond acceptors (Lipinski definition) is 7. The zero-order chi connectivity index (χ0) is 20.1. The van der Waals surface area contributed by atoms with Gasteiger partial charge in [-0.05, 0) is 44.9 Å². The molecule has 1 atom stereocenters. The van der Waals surface area contributed by atoms with Gasteiger partial charge in [0.05, 0.1) is 11.5 Å². The average molecular weight is 383 g/mol. The molecule has 1 amide bonds. The van der Waals surface area contributed by atoms with Gasteiger partial charge < -0.3 is 20.0 Å². The minimum absolute atomic E-state index is 0.290. The Hall–Kier alpha value is -2.92. The summed E-state index contributed by atoms with van der Waals surface area (Å²) in [7, 11) is 0. The van der Waals surface area contributed by atoms with Gasteiger partial charge in [-0.2, -0.15) is 10.2 Å². The quantitative estimate of drug-likeness (QED) is 0.783. The zero-order valence-corrected chi connectivity index (χ0v) is 16.2. The fourth-order valence-corrected chi connectivity index (χ4v) is 3.48. The first-order valence-corrected chi connectivity index (χ1v) is 9.58. The monoisotopic (exact) mass is 383 g/mol. The van der Waals surface area contributed by atoms with E-state index in [1.165, 1.54) is 0 Å². The minimum atomic E-state index is -0.859. The first-order chi connectivity index (χ1) is 13.5. The number of carbonyl (C=O) groups excluding carboxylic acids is 1. The van der Waals surface area contributed by atoms with Crippen molar-refractivity contribution in [2.45, 2.75) is 44.7 Å². The Kier molecular flexibility index (Phi) is 5.95. The molecule has 3 rings (SSSR count). The van der Waals surface area contributed by atoms with Gasteiger partial charge in [-0.1, -0.05) is 19.1 Å². The van der Waals surface area contributed by atoms with E-state index in [9.17, 15) is 14.9 Å². The molecule has 2 aromatic rings. The summed E-state index contributed by atoms with van der Waals surface area (Å²) < 4.78 is 5.07. The number of rotatable bonds is 6. The molecule has 1 fully saturated rings. The summed E-state index contributed by atoms with van der Waals surface area (Å²) in [5.41, 5.74) is -0.461. The molecule has 2 heterocycles. The van der Waals surface area contributed by atoms with Crippen molar-refractivity contribution in [1.29, 1.82) is 5.26 Å². The number of nitrogens with zero attached hydrogens (tertiary/aromatic N) is 3. The number of para-hydroxylation sites is 1. The van der Waals surface area contributed by atoms with Gasteiger partial charge in [0, 0.05) is 13.1 Å². The van der Waals surface area contributed by atoms with Gasteiger partial charge in [-0.25, -0.2) is 4.79 Å². The van der Waals surface area contributed by atoms with Crippen LogP contribution in [0.3, 0.4) is 0 Å². The first-order valence-electron chi connectivity index (χ1n) is 9.58. The molecular weight excluding hydrogens is 358 g/mol. The fraction of sp³-hybridized carbons (Fsp3) is 0.500. The van der Waals surface area contributed by atoms with Gasteiger partial charge in [0.1, 0.15) is 23.0 Å². The smallest absolute Gasteiger partial charge is 0.408 e. The second kappa shape index (κ2) is 8.40. The number of carbonyl (C=O) groups is 1. The molecule has 0 radical (unpaired) electrons. The molecule has 1 unspecified atom stereocenters. The standard InChI is InChI=1S/C20H25N5O3/c1-3-10-25-11-8-20(13-21,9-12-25)24-18(26)14(2)22-17-15-6-4-5-7-16(15)28-19(27)23-17/h4-7,14H,3,8-12H2,1-2H3,(H,24,26)(H,22,23,27). The van der Waals surface area contributed by atoms with Crippen molar-refractivity contribution < 1.29 is 9.21 Å². The van der Waals surface area contributed by atoms with Crippen molar-refractivity contribution in [1.82, 2.24) is 15.2 Å². The number of nitriles is 1. The van der Waals surface area contributed by atoms with Crippen LogP contribution in [0.4, 0.5) is 5.82 Å². The van der Waals surface area contributed by atoms with Crippen LogP contribution in [0, 0.1) is 11.3 Å². The first kappa shape index (κ1) is 19.8. The summed E-state index contributed by atoms with van der Waals surface area (Å²) >= 11 is 0. The predicted octanol–water partition coefficient (Wildman–Crippen LogP) is 1.87. The van der Waals surface area contributed by atoms with Gasteiger partial charge in [-0.15, -0.1) is 0 Å². The molecule has 1 aliphatic heterocycles. The maximum Gasteiger partial charge on any atom is 0.441 e. The number of likely N-dealkylation sites (tertiary alicyclic amines) is 1. The topological polar surface area (TPSA) is 111 Å². The van der Waals surface area contributed by atoms with Crippen molar-refractivity contribution in [3.63, 3.8) is 0 Å². The summed E-state index contributed by atoms with van der Waals surface area (Å²) in [6.07, 6.45) is 2.26. The minimum Gasteiger partial charge on any atom is -0.408 e. The van der Waals surface area contributed by atoms with Crippen LogP contribution in [0.25, 0.3) is 11.0 Å². The van der Waals surface area contributed by atoms with Crippen molar-refractivity contribution in [3.05, 3.63) is 34.8 Å². The number of piperidine rings is 1. The Morgan fingerprint density at radius 2 is 2.11 bits per heavy atom. The van der Waals surface area contributed by atoms with Crippen LogP contribution in [0.5, 0.6) is 0 Å². The normalized spacial score (nSPS) is 17.6. The molecule has 8 heteroatoms. The van der Waals surface area contributed by atoms with Crippen molar-refractivity contribution in [2.24, 2.45) is 0 Å². The second-order valence-electron chi connectivity index (χ2n) is 7.22. The highest BCUT2D eigenvalue weighted by molar-refractivity contribution is 5.91. The van der Waals surface area contributed by atoms with Crippen LogP contribution in [0.15, 0.2) is 33.5 Å². The van der Waals surface area contributed by atoms with Crippen molar-refractivity contribution in [2.75, 3.05) is 25.0 Å². The molecule has 1 aromatic heterocycles. The molecule has 2 N–H and O–H groups in total. The maximum absolute atomic E-state index is 12.7. The van der Waals surface area contributed by atoms with Crippen LogP contribution in [-0.2, 0) is 4.79 Å². The molecule has 148 valence electrons. The van der Waals surface area contributed by atoms with E-state index in [1.807, 2.05) is 0 Å². The molecule has 1 saturated heterocycles. The van der Waals surface area contributed by atoms with E-state index in [0.29, 0.717) is 29.6 Å². The lowest BCUT2D eigenvalue weighted by Gasteiger charge is -2.38. The van der Waals surface area contributed by atoms with Crippen molar-refractivity contribution in [3.8, 4) is 6.07 Å². The molecule has 1 aliphatic rings. The average Bonchev–Trinajstić information content (AvgIpc) is 2.69. The summed E-state index contributed by atoms with van der Waals surface area (Å²) in [5, 5.41) is 16.2. The van der Waals surface area contributed by atoms with Crippen LogP contribution in [-0.4, -0.2) is 47.0 Å². The van der Waals surface area contributed by atoms with Crippen LogP contribution < -0.4 is 16.4 Å². The molecule has 28 heavy (non-hydrogen) atoms. The lowest BCUT2D eigenvalue weighted by Crippen LogP contribution is -2.57. The van der Waals surface area contributed by atoms with Gasteiger partial charge in [0.25, 0.3) is 0 Å². The van der Waals surface area contributed by atoms with Crippen molar-refractivity contribution >= 4 is 22.7 Å². The van der Waals surface area contributed by atoms with E-state index in [4.69, 9.17) is 4.42 Å². The Morgan fingerprint density at radius 3 is 2.79 bits per heavy atom. The number of benzene rings is 1. The lowest BCUT2D eigenvalue weighted by molar-refractivity contribution is -0.123. The summed E-state index contributed by atoms with van der Waals surface area (Å²) in [4.78, 5) is 30.6. The Labute approximate surface area is 163 Å². The number of hydrogen-bond donors (Lipinski definition) is 2. The molecule has 0 spiro atoms. The van der Waals surface area contributed by atoms with E-state index in [1.54, 1.807) is 31.2 Å². The third kappa shape index (κ3) is 4.31. The molecular formula is C20H25N5O3. The third-order valence-electron chi connectivity index (χ3n) is 5.11. The number of amides is 1. The van der Waals surface area contributed by atoms with Gasteiger partial charge >= 0.3 is 5.76 Å². The van der Waals surface area contributed by atoms with Crippen LogP contribution in [0.1, 0.15) is 33.1 Å². The number of anilines is 1. The highest BCUT2D eigenvalue weighted by Gasteiger charge is 2.37. The lowest BCUT2D eigenvalue weighted by atomic mass is 9.88. The highest BCUT2D eigenvalue weighted by Crippen LogP contribution is 2.23. The Balaban J connectivity index is 1.70. The summed E-state index contributed by atoms with van der Waals surface area (Å²) in [6, 6.07) is 8.62. The summed E-state index contributed by atoms with van der Waals surface area (Å²) in [5.74, 6) is -0.742. The summed E-state index contributed by atoms with van der Waals surface area (Å²) in [6.45, 7) is 6.38. The van der Waals surface area contributed by atoms with E-state index < -0.39 is 17.3 Å². The van der Waals surface area contributed by atoms with Gasteiger partial charge in [0.2, 0.25) is 5.91 Å². The number of aromatic nitrogens is 1. The predicted molar refractivity (Wildman–Crippen MR) is 106 cm³/mol. The molecule has 8 nitrogen and oxygen atoms in total. The molecule has 0 bridgehead atoms. The zero-order valence-electron chi connectivity index (χ0n) is 16.2. The molecule has 0 aliphatic carbocycles. The Morgan fingerprint density at radius 1 is 1.39 bits per heavy atom. The van der Waals surface area contributed by atoms with Crippen LogP contribution in [0.2, 0.25) is 0 Å². The van der Waals surface area contributed by atoms with E-state index >= 15 is 0 Å². The van der Waals surface area contributed by atoms with E-state index in [2.05, 4.69) is 33.5 Å². The molecule has 0 saturated carbocycles. The second-order valence-corrected chi connectivity index (χ2v) is 7.22. The van der Waals surface area contributed by atoms with Crippen LogP contribution >= 0.6 is 0 Å². The van der Waals surface area contributed by atoms with Gasteiger partial charge in [-0.3, -0.25) is 4.79 Å². The number of nitrogens with one attached hydrogen (secondary N) is 2. The third-order valence-corrected chi connectivity index (χ3v) is 5.11. The number of fused-ring (bicyclic) bond motifs is 1. The van der Waals surface area contributed by atoms with E-state index in [0.717, 1.165) is 26.1 Å². The fourth-order valence-electron chi connectivity index (χ4n) is 3.48. The largest absolute Gasteiger partial charge is 0.441 e. The highest BCUT2D eigenvalue weighted by atomic mass is 16.4. The van der Waals surface area contributed by atoms with E-state index in [-0.39, 0.29) is 5.91 Å².